The Kier molecular flexibility index (Phi) is 8.65. The Balaban J connectivity index is 2.16. The molecule has 9 nitrogen and oxygen atoms in total. The van der Waals surface area contributed by atoms with Crippen molar-refractivity contribution in [3.8, 4) is 5.75 Å². The molecule has 0 aliphatic heterocycles. The second-order valence-electron chi connectivity index (χ2n) is 8.80. The van der Waals surface area contributed by atoms with Crippen LogP contribution in [0.2, 0.25) is 0 Å². The molecule has 36 heavy (non-hydrogen) atoms. The Morgan fingerprint density at radius 3 is 2.39 bits per heavy atom. The first-order valence-electron chi connectivity index (χ1n) is 11.5. The molecule has 0 aliphatic rings. The molecule has 2 aromatic carbocycles. The van der Waals surface area contributed by atoms with E-state index in [-0.39, 0.29) is 22.2 Å². The van der Waals surface area contributed by atoms with E-state index < -0.39 is 17.9 Å². The van der Waals surface area contributed by atoms with Crippen LogP contribution in [0.1, 0.15) is 57.6 Å². The zero-order valence-corrected chi connectivity index (χ0v) is 21.6. The molecule has 0 unspecified atom stereocenters. The van der Waals surface area contributed by atoms with Crippen molar-refractivity contribution in [3.63, 3.8) is 0 Å². The van der Waals surface area contributed by atoms with Crippen LogP contribution >= 0.6 is 11.5 Å². The predicted molar refractivity (Wildman–Crippen MR) is 141 cm³/mol. The summed E-state index contributed by atoms with van der Waals surface area (Å²) in [4.78, 5) is 40.8. The highest BCUT2D eigenvalue weighted by molar-refractivity contribution is 7.09. The van der Waals surface area contributed by atoms with Gasteiger partial charge in [-0.3, -0.25) is 19.3 Å². The van der Waals surface area contributed by atoms with Gasteiger partial charge < -0.3 is 21.5 Å². The standard InChI is InChI=1S/C26H31N5O4S/c1-15(2)12-13-29-25(33)22(17-8-10-19(35-4)11-9-17)31(18-7-5-6-16(3)14-18)26(34)23-20(27)21(24(28)32)30-36-23/h5-11,14-15,22H,12-13,27H2,1-4H3,(H2,28,32)(H,29,33)/t22-/m0/s1. The fraction of sp³-hybridized carbons (Fsp3) is 0.308. The van der Waals surface area contributed by atoms with Crippen molar-refractivity contribution < 1.29 is 19.1 Å². The fourth-order valence-corrected chi connectivity index (χ4v) is 4.43. The average Bonchev–Trinajstić information content (AvgIpc) is 3.23. The molecule has 0 saturated carbocycles. The van der Waals surface area contributed by atoms with Crippen LogP contribution in [-0.4, -0.2) is 35.7 Å². The van der Waals surface area contributed by atoms with E-state index in [9.17, 15) is 14.4 Å². The average molecular weight is 510 g/mol. The topological polar surface area (TPSA) is 141 Å². The number of anilines is 2. The molecule has 0 spiro atoms. The molecule has 1 aromatic heterocycles. The van der Waals surface area contributed by atoms with Gasteiger partial charge in [-0.1, -0.05) is 38.1 Å². The molecule has 3 rings (SSSR count). The normalized spacial score (nSPS) is 11.7. The summed E-state index contributed by atoms with van der Waals surface area (Å²) in [5, 5.41) is 2.97. The number of nitrogen functional groups attached to an aromatic ring is 1. The Bertz CT molecular complexity index is 1240. The molecule has 0 radical (unpaired) electrons. The Morgan fingerprint density at radius 1 is 1.14 bits per heavy atom. The molecule has 3 amide bonds. The second kappa shape index (κ2) is 11.7. The lowest BCUT2D eigenvalue weighted by atomic mass is 10.0. The SMILES string of the molecule is COc1ccc([C@@H](C(=O)NCCC(C)C)N(C(=O)c2snc(C(N)=O)c2N)c2cccc(C)c2)cc1. The van der Waals surface area contributed by atoms with Gasteiger partial charge in [0.15, 0.2) is 5.69 Å². The third-order valence-corrected chi connectivity index (χ3v) is 6.46. The number of ether oxygens (including phenoxy) is 1. The van der Waals surface area contributed by atoms with Gasteiger partial charge in [0, 0.05) is 12.2 Å². The first-order chi connectivity index (χ1) is 17.1. The number of methoxy groups -OCH3 is 1. The molecular weight excluding hydrogens is 478 g/mol. The summed E-state index contributed by atoms with van der Waals surface area (Å²) in [6, 6.07) is 13.2. The Labute approximate surface area is 214 Å². The number of carbonyl (C=O) groups excluding carboxylic acids is 3. The van der Waals surface area contributed by atoms with E-state index in [0.717, 1.165) is 23.5 Å². The number of rotatable bonds is 10. The molecule has 0 saturated heterocycles. The third-order valence-electron chi connectivity index (χ3n) is 5.61. The molecule has 1 atom stereocenters. The van der Waals surface area contributed by atoms with Gasteiger partial charge in [0.05, 0.1) is 12.8 Å². The van der Waals surface area contributed by atoms with Crippen molar-refractivity contribution in [2.75, 3.05) is 24.3 Å². The number of primary amides is 1. The van der Waals surface area contributed by atoms with Gasteiger partial charge >= 0.3 is 0 Å². The lowest BCUT2D eigenvalue weighted by Gasteiger charge is -2.31. The van der Waals surface area contributed by atoms with Crippen LogP contribution in [-0.2, 0) is 4.79 Å². The highest BCUT2D eigenvalue weighted by atomic mass is 32.1. The third kappa shape index (κ3) is 6.01. The summed E-state index contributed by atoms with van der Waals surface area (Å²) in [6.07, 6.45) is 0.781. The number of aromatic nitrogens is 1. The van der Waals surface area contributed by atoms with E-state index in [1.54, 1.807) is 43.5 Å². The van der Waals surface area contributed by atoms with Gasteiger partial charge in [-0.25, -0.2) is 0 Å². The summed E-state index contributed by atoms with van der Waals surface area (Å²) in [5.41, 5.74) is 13.2. The van der Waals surface area contributed by atoms with Crippen molar-refractivity contribution in [2.45, 2.75) is 33.2 Å². The lowest BCUT2D eigenvalue weighted by molar-refractivity contribution is -0.122. The van der Waals surface area contributed by atoms with Crippen LogP contribution in [0, 0.1) is 12.8 Å². The number of aryl methyl sites for hydroxylation is 1. The molecule has 0 bridgehead atoms. The van der Waals surface area contributed by atoms with Crippen LogP contribution in [0.4, 0.5) is 11.4 Å². The summed E-state index contributed by atoms with van der Waals surface area (Å²) >= 11 is 0.773. The van der Waals surface area contributed by atoms with E-state index in [0.29, 0.717) is 29.5 Å². The number of hydrogen-bond acceptors (Lipinski definition) is 7. The summed E-state index contributed by atoms with van der Waals surface area (Å²) in [6.45, 7) is 6.48. The van der Waals surface area contributed by atoms with Crippen molar-refractivity contribution in [3.05, 3.63) is 70.2 Å². The number of amides is 3. The maximum absolute atomic E-state index is 14.0. The summed E-state index contributed by atoms with van der Waals surface area (Å²) < 4.78 is 9.25. The van der Waals surface area contributed by atoms with Gasteiger partial charge in [-0.2, -0.15) is 4.37 Å². The second-order valence-corrected chi connectivity index (χ2v) is 9.58. The van der Waals surface area contributed by atoms with E-state index in [2.05, 4.69) is 23.5 Å². The number of carbonyl (C=O) groups is 3. The molecular formula is C26H31N5O4S. The summed E-state index contributed by atoms with van der Waals surface area (Å²) in [5.74, 6) is -0.743. The van der Waals surface area contributed by atoms with Crippen LogP contribution in [0.15, 0.2) is 48.5 Å². The van der Waals surface area contributed by atoms with Crippen LogP contribution in [0.3, 0.4) is 0 Å². The Hall–Kier alpha value is -3.92. The predicted octanol–water partition coefficient (Wildman–Crippen LogP) is 3.69. The minimum atomic E-state index is -1.03. The minimum Gasteiger partial charge on any atom is -0.497 e. The molecule has 3 aromatic rings. The maximum Gasteiger partial charge on any atom is 0.273 e. The monoisotopic (exact) mass is 509 g/mol. The number of nitrogens with one attached hydrogen (secondary N) is 1. The first kappa shape index (κ1) is 26.7. The number of benzene rings is 2. The van der Waals surface area contributed by atoms with Crippen LogP contribution < -0.4 is 26.4 Å². The highest BCUT2D eigenvalue weighted by Crippen LogP contribution is 2.34. The van der Waals surface area contributed by atoms with Crippen molar-refractivity contribution in [2.24, 2.45) is 11.7 Å². The fourth-order valence-electron chi connectivity index (χ4n) is 3.68. The van der Waals surface area contributed by atoms with Crippen LogP contribution in [0.5, 0.6) is 5.75 Å². The largest absolute Gasteiger partial charge is 0.497 e. The quantitative estimate of drug-likeness (QED) is 0.381. The summed E-state index contributed by atoms with van der Waals surface area (Å²) in [7, 11) is 1.55. The number of hydrogen-bond donors (Lipinski definition) is 3. The van der Waals surface area contributed by atoms with Gasteiger partial charge in [0.2, 0.25) is 5.91 Å². The van der Waals surface area contributed by atoms with Crippen molar-refractivity contribution in [1.29, 1.82) is 0 Å². The molecule has 0 aliphatic carbocycles. The van der Waals surface area contributed by atoms with Gasteiger partial charge in [-0.05, 0) is 66.2 Å². The molecule has 0 fully saturated rings. The minimum absolute atomic E-state index is 0.0267. The van der Waals surface area contributed by atoms with Gasteiger partial charge in [-0.15, -0.1) is 0 Å². The number of nitrogens with two attached hydrogens (primary N) is 2. The van der Waals surface area contributed by atoms with E-state index in [1.165, 1.54) is 4.90 Å². The van der Waals surface area contributed by atoms with Gasteiger partial charge in [0.1, 0.15) is 16.7 Å². The molecule has 10 heteroatoms. The van der Waals surface area contributed by atoms with Gasteiger partial charge in [0.25, 0.3) is 11.8 Å². The molecule has 1 heterocycles. The van der Waals surface area contributed by atoms with E-state index >= 15 is 0 Å². The lowest BCUT2D eigenvalue weighted by Crippen LogP contribution is -2.44. The first-order valence-corrected chi connectivity index (χ1v) is 12.3. The zero-order chi connectivity index (χ0) is 26.4. The smallest absolute Gasteiger partial charge is 0.273 e. The number of nitrogens with zero attached hydrogens (tertiary/aromatic N) is 2. The Morgan fingerprint density at radius 2 is 1.83 bits per heavy atom. The van der Waals surface area contributed by atoms with Crippen molar-refractivity contribution in [1.82, 2.24) is 9.69 Å². The molecule has 190 valence electrons. The van der Waals surface area contributed by atoms with Crippen molar-refractivity contribution >= 4 is 40.6 Å². The maximum atomic E-state index is 14.0. The van der Waals surface area contributed by atoms with Crippen LogP contribution in [0.25, 0.3) is 0 Å². The van der Waals surface area contributed by atoms with E-state index in [4.69, 9.17) is 16.2 Å². The highest BCUT2D eigenvalue weighted by Gasteiger charge is 2.36. The molecule has 5 N–H and O–H groups in total. The zero-order valence-electron chi connectivity index (χ0n) is 20.8. The van der Waals surface area contributed by atoms with E-state index in [1.807, 2.05) is 19.1 Å².